The summed E-state index contributed by atoms with van der Waals surface area (Å²) in [4.78, 5) is 12.8. The summed E-state index contributed by atoms with van der Waals surface area (Å²) in [6.07, 6.45) is 3.05. The number of aryl methyl sites for hydroxylation is 1. The summed E-state index contributed by atoms with van der Waals surface area (Å²) in [6.45, 7) is -0.917. The summed E-state index contributed by atoms with van der Waals surface area (Å²) in [5, 5.41) is 8.02. The highest BCUT2D eigenvalue weighted by atomic mass is 19.3. The van der Waals surface area contributed by atoms with Crippen molar-refractivity contribution >= 4 is 27.9 Å². The van der Waals surface area contributed by atoms with E-state index in [4.69, 9.17) is 0 Å². The number of rotatable bonds is 4. The van der Waals surface area contributed by atoms with Crippen molar-refractivity contribution in [2.75, 3.05) is 5.32 Å². The average Bonchev–Trinajstić information content (AvgIpc) is 3.17. The lowest BCUT2D eigenvalue weighted by atomic mass is 10.3. The molecule has 1 N–H and O–H groups in total. The van der Waals surface area contributed by atoms with Crippen molar-refractivity contribution in [3.05, 3.63) is 42.6 Å². The average molecular weight is 343 g/mol. The molecule has 0 spiro atoms. The van der Waals surface area contributed by atoms with Gasteiger partial charge >= 0.3 is 6.55 Å². The number of hydrogen-bond donors (Lipinski definition) is 1. The van der Waals surface area contributed by atoms with E-state index in [0.717, 1.165) is 9.95 Å². The number of imidazole rings is 1. The Kier molecular flexibility index (Phi) is 3.56. The molecule has 0 bridgehead atoms. The Bertz CT molecular complexity index is 1050. The van der Waals surface area contributed by atoms with Gasteiger partial charge in [-0.15, -0.1) is 0 Å². The van der Waals surface area contributed by atoms with E-state index >= 15 is 0 Å². The third kappa shape index (κ3) is 2.48. The first-order valence-corrected chi connectivity index (χ1v) is 7.70. The lowest BCUT2D eigenvalue weighted by molar-refractivity contribution is 0.0708. The molecule has 0 saturated carbocycles. The van der Waals surface area contributed by atoms with Gasteiger partial charge < -0.3 is 5.32 Å². The molecule has 3 aromatic heterocycles. The minimum absolute atomic E-state index is 0.242. The van der Waals surface area contributed by atoms with E-state index in [9.17, 15) is 8.78 Å². The van der Waals surface area contributed by atoms with Crippen molar-refractivity contribution in [1.82, 2.24) is 29.3 Å². The maximum atomic E-state index is 13.6. The molecule has 4 aromatic rings. The second-order valence-electron chi connectivity index (χ2n) is 5.70. The molecule has 0 aliphatic carbocycles. The van der Waals surface area contributed by atoms with Crippen LogP contribution in [0.15, 0.2) is 36.8 Å². The molecule has 0 aliphatic heterocycles. The highest BCUT2D eigenvalue weighted by Crippen LogP contribution is 2.29. The monoisotopic (exact) mass is 343 g/mol. The number of alkyl halides is 2. The Hall–Kier alpha value is -3.10. The zero-order valence-corrected chi connectivity index (χ0v) is 13.6. The van der Waals surface area contributed by atoms with E-state index in [0.29, 0.717) is 22.5 Å². The Labute approximate surface area is 141 Å². The second kappa shape index (κ2) is 5.76. The summed E-state index contributed by atoms with van der Waals surface area (Å²) >= 11 is 0. The van der Waals surface area contributed by atoms with Crippen LogP contribution < -0.4 is 5.32 Å². The number of benzene rings is 1. The largest absolute Gasteiger partial charge is 0.360 e. The first-order valence-electron chi connectivity index (χ1n) is 7.70. The van der Waals surface area contributed by atoms with Crippen molar-refractivity contribution in [2.24, 2.45) is 7.05 Å². The number of nitrogens with zero attached hydrogens (tertiary/aromatic N) is 6. The molecule has 1 unspecified atom stereocenters. The van der Waals surface area contributed by atoms with Crippen LogP contribution in [0.2, 0.25) is 0 Å². The van der Waals surface area contributed by atoms with Crippen molar-refractivity contribution in [1.29, 1.82) is 0 Å². The minimum Gasteiger partial charge on any atom is -0.360 e. The van der Waals surface area contributed by atoms with Gasteiger partial charge in [-0.2, -0.15) is 13.9 Å². The highest BCUT2D eigenvalue weighted by Gasteiger charge is 2.22. The Morgan fingerprint density at radius 3 is 2.76 bits per heavy atom. The number of fused-ring (bicyclic) bond motifs is 2. The normalized spacial score (nSPS) is 13.0. The number of anilines is 1. The van der Waals surface area contributed by atoms with Crippen molar-refractivity contribution < 1.29 is 8.78 Å². The van der Waals surface area contributed by atoms with Crippen LogP contribution in [0, 0.1) is 0 Å². The number of hydrogen-bond acceptors (Lipinski definition) is 5. The Balaban J connectivity index is 1.77. The van der Waals surface area contributed by atoms with Gasteiger partial charge in [0.15, 0.2) is 5.65 Å². The lowest BCUT2D eigenvalue weighted by Crippen LogP contribution is -2.15. The maximum Gasteiger partial charge on any atom is 0.320 e. The summed E-state index contributed by atoms with van der Waals surface area (Å²) in [6, 6.07) is 6.36. The molecule has 128 valence electrons. The van der Waals surface area contributed by atoms with Crippen LogP contribution in [0.25, 0.3) is 22.1 Å². The van der Waals surface area contributed by atoms with Gasteiger partial charge in [0.25, 0.3) is 0 Å². The standard InChI is InChI=1S/C16H15F2N7/c1-9(22-13-10-7-21-24(2)15(10)20-8-19-13)14-23-11-5-3-4-6-12(11)25(14)16(17)18/h3-9,16H,1-2H3,(H,19,20,22). The Morgan fingerprint density at radius 2 is 1.96 bits per heavy atom. The molecule has 0 aliphatic rings. The predicted molar refractivity (Wildman–Crippen MR) is 89.3 cm³/mol. The molecule has 0 saturated heterocycles. The molecule has 1 aromatic carbocycles. The lowest BCUT2D eigenvalue weighted by Gasteiger charge is -2.16. The number of halogens is 2. The van der Waals surface area contributed by atoms with E-state index in [1.54, 1.807) is 49.1 Å². The van der Waals surface area contributed by atoms with Gasteiger partial charge in [-0.1, -0.05) is 12.1 Å². The minimum atomic E-state index is -2.68. The Morgan fingerprint density at radius 1 is 1.16 bits per heavy atom. The molecule has 4 rings (SSSR count). The van der Waals surface area contributed by atoms with Gasteiger partial charge in [-0.25, -0.2) is 15.0 Å². The summed E-state index contributed by atoms with van der Waals surface area (Å²) in [7, 11) is 1.78. The van der Waals surface area contributed by atoms with E-state index < -0.39 is 12.6 Å². The number of aromatic nitrogens is 6. The summed E-state index contributed by atoms with van der Waals surface area (Å²) in [5.74, 6) is 0.769. The number of para-hydroxylation sites is 2. The van der Waals surface area contributed by atoms with Crippen LogP contribution in [0.4, 0.5) is 14.6 Å². The summed E-state index contributed by atoms with van der Waals surface area (Å²) in [5.41, 5.74) is 1.59. The SMILES string of the molecule is CC(Nc1ncnc2c1cnn2C)c1nc2ccccc2n1C(F)F. The van der Waals surface area contributed by atoms with Crippen LogP contribution in [-0.4, -0.2) is 29.3 Å². The van der Waals surface area contributed by atoms with Crippen LogP contribution in [-0.2, 0) is 7.05 Å². The van der Waals surface area contributed by atoms with Crippen molar-refractivity contribution in [3.63, 3.8) is 0 Å². The molecular weight excluding hydrogens is 328 g/mol. The van der Waals surface area contributed by atoms with Crippen LogP contribution in [0.1, 0.15) is 25.3 Å². The molecule has 1 atom stereocenters. The van der Waals surface area contributed by atoms with Crippen LogP contribution in [0.5, 0.6) is 0 Å². The quantitative estimate of drug-likeness (QED) is 0.615. The van der Waals surface area contributed by atoms with Gasteiger partial charge in [0, 0.05) is 7.05 Å². The van der Waals surface area contributed by atoms with E-state index in [2.05, 4.69) is 25.4 Å². The zero-order valence-electron chi connectivity index (χ0n) is 13.6. The molecule has 7 nitrogen and oxygen atoms in total. The van der Waals surface area contributed by atoms with E-state index in [1.807, 2.05) is 0 Å². The van der Waals surface area contributed by atoms with Gasteiger partial charge in [0.2, 0.25) is 0 Å². The zero-order chi connectivity index (χ0) is 17.6. The molecule has 0 radical (unpaired) electrons. The number of nitrogens with one attached hydrogen (secondary N) is 1. The van der Waals surface area contributed by atoms with Gasteiger partial charge in [0.05, 0.1) is 28.7 Å². The maximum absolute atomic E-state index is 13.6. The van der Waals surface area contributed by atoms with E-state index in [1.165, 1.54) is 6.33 Å². The van der Waals surface area contributed by atoms with Gasteiger partial charge in [0.1, 0.15) is 18.0 Å². The first-order chi connectivity index (χ1) is 12.1. The molecule has 25 heavy (non-hydrogen) atoms. The van der Waals surface area contributed by atoms with Crippen molar-refractivity contribution in [3.8, 4) is 0 Å². The fraction of sp³-hybridized carbons (Fsp3) is 0.250. The topological polar surface area (TPSA) is 73.5 Å². The predicted octanol–water partition coefficient (Wildman–Crippen LogP) is 3.28. The molecule has 0 fully saturated rings. The molecule has 9 heteroatoms. The van der Waals surface area contributed by atoms with Crippen molar-refractivity contribution in [2.45, 2.75) is 19.5 Å². The van der Waals surface area contributed by atoms with Crippen LogP contribution >= 0.6 is 0 Å². The fourth-order valence-electron chi connectivity index (χ4n) is 2.92. The third-order valence-electron chi connectivity index (χ3n) is 4.09. The molecule has 0 amide bonds. The fourth-order valence-corrected chi connectivity index (χ4v) is 2.92. The highest BCUT2D eigenvalue weighted by molar-refractivity contribution is 5.86. The van der Waals surface area contributed by atoms with Crippen LogP contribution in [0.3, 0.4) is 0 Å². The smallest absolute Gasteiger partial charge is 0.320 e. The second-order valence-corrected chi connectivity index (χ2v) is 5.70. The molecular formula is C16H15F2N7. The van der Waals surface area contributed by atoms with E-state index in [-0.39, 0.29) is 5.82 Å². The van der Waals surface area contributed by atoms with Gasteiger partial charge in [-0.3, -0.25) is 9.25 Å². The third-order valence-corrected chi connectivity index (χ3v) is 4.09. The first kappa shape index (κ1) is 15.4. The summed E-state index contributed by atoms with van der Waals surface area (Å²) < 4.78 is 29.8. The van der Waals surface area contributed by atoms with Gasteiger partial charge in [-0.05, 0) is 19.1 Å². The molecule has 3 heterocycles.